The van der Waals surface area contributed by atoms with Gasteiger partial charge in [0.2, 0.25) is 0 Å². The third-order valence-electron chi connectivity index (χ3n) is 4.26. The van der Waals surface area contributed by atoms with Crippen LogP contribution >= 0.6 is 35.3 Å². The zero-order chi connectivity index (χ0) is 18.2. The van der Waals surface area contributed by atoms with Crippen LogP contribution in [0.2, 0.25) is 0 Å². The Morgan fingerprint density at radius 2 is 2.07 bits per heavy atom. The van der Waals surface area contributed by atoms with Crippen molar-refractivity contribution < 1.29 is 0 Å². The van der Waals surface area contributed by atoms with E-state index in [4.69, 9.17) is 0 Å². The number of para-hydroxylation sites is 1. The Morgan fingerprint density at radius 3 is 2.85 bits per heavy atom. The van der Waals surface area contributed by atoms with Gasteiger partial charge in [-0.2, -0.15) is 0 Å². The summed E-state index contributed by atoms with van der Waals surface area (Å²) in [6.07, 6.45) is 7.22. The van der Waals surface area contributed by atoms with Crippen molar-refractivity contribution in [1.29, 1.82) is 0 Å². The van der Waals surface area contributed by atoms with Crippen LogP contribution in [0.25, 0.3) is 10.9 Å². The predicted octanol–water partition coefficient (Wildman–Crippen LogP) is 4.49. The molecular weight excluding hydrogens is 469 g/mol. The number of thiazole rings is 1. The minimum Gasteiger partial charge on any atom is -0.361 e. The summed E-state index contributed by atoms with van der Waals surface area (Å²) in [4.78, 5) is 13.7. The summed E-state index contributed by atoms with van der Waals surface area (Å²) >= 11 is 1.74. The van der Waals surface area contributed by atoms with E-state index in [1.54, 1.807) is 11.3 Å². The molecule has 0 saturated carbocycles. The van der Waals surface area contributed by atoms with Crippen molar-refractivity contribution >= 4 is 52.2 Å². The Hall–Kier alpha value is -1.61. The molecule has 7 heteroatoms. The number of aromatic nitrogens is 2. The number of H-pyrrole nitrogens is 1. The molecule has 1 aromatic carbocycles. The SMILES string of the molecule is CCNC(=NCc1ncc(CC)s1)NCCCc1c[nH]c2ccccc12.I. The van der Waals surface area contributed by atoms with Crippen molar-refractivity contribution in [3.8, 4) is 0 Å². The summed E-state index contributed by atoms with van der Waals surface area (Å²) in [6, 6.07) is 8.46. The van der Waals surface area contributed by atoms with Crippen LogP contribution < -0.4 is 10.6 Å². The van der Waals surface area contributed by atoms with Crippen LogP contribution in [0.5, 0.6) is 0 Å². The van der Waals surface area contributed by atoms with E-state index in [1.807, 2.05) is 6.20 Å². The smallest absolute Gasteiger partial charge is 0.191 e. The number of rotatable bonds is 8. The standard InChI is InChI=1S/C20H27N5S.HI/c1-3-16-13-24-19(26-16)14-25-20(21-4-2)22-11-7-8-15-12-23-18-10-6-5-9-17(15)18;/h5-6,9-10,12-13,23H,3-4,7-8,11,14H2,1-2H3,(H2,21,22,25);1H. The van der Waals surface area contributed by atoms with Crippen LogP contribution in [0, 0.1) is 0 Å². The Balaban J connectivity index is 0.00000261. The summed E-state index contributed by atoms with van der Waals surface area (Å²) in [5.41, 5.74) is 2.58. The van der Waals surface area contributed by atoms with Crippen molar-refractivity contribution in [2.75, 3.05) is 13.1 Å². The summed E-state index contributed by atoms with van der Waals surface area (Å²) in [5.74, 6) is 0.861. The number of hydrogen-bond acceptors (Lipinski definition) is 3. The summed E-state index contributed by atoms with van der Waals surface area (Å²) in [7, 11) is 0. The van der Waals surface area contributed by atoms with E-state index >= 15 is 0 Å². The summed E-state index contributed by atoms with van der Waals surface area (Å²) < 4.78 is 0. The second kappa shape index (κ2) is 11.3. The topological polar surface area (TPSA) is 65.1 Å². The molecule has 3 rings (SSSR count). The molecule has 0 fully saturated rings. The summed E-state index contributed by atoms with van der Waals surface area (Å²) in [5, 5.41) is 9.12. The average molecular weight is 497 g/mol. The van der Waals surface area contributed by atoms with Gasteiger partial charge in [-0.3, -0.25) is 0 Å². The van der Waals surface area contributed by atoms with E-state index in [9.17, 15) is 0 Å². The van der Waals surface area contributed by atoms with E-state index in [1.165, 1.54) is 21.3 Å². The lowest BCUT2D eigenvalue weighted by atomic mass is 10.1. The predicted molar refractivity (Wildman–Crippen MR) is 126 cm³/mol. The van der Waals surface area contributed by atoms with Crippen molar-refractivity contribution in [1.82, 2.24) is 20.6 Å². The van der Waals surface area contributed by atoms with Gasteiger partial charge in [-0.25, -0.2) is 9.98 Å². The highest BCUT2D eigenvalue weighted by Crippen LogP contribution is 2.18. The van der Waals surface area contributed by atoms with E-state index in [2.05, 4.69) is 69.9 Å². The molecule has 0 aliphatic heterocycles. The number of benzene rings is 1. The molecule has 0 saturated heterocycles. The monoisotopic (exact) mass is 497 g/mol. The third kappa shape index (κ3) is 6.21. The second-order valence-corrected chi connectivity index (χ2v) is 7.36. The lowest BCUT2D eigenvalue weighted by Gasteiger charge is -2.10. The maximum absolute atomic E-state index is 4.65. The highest BCUT2D eigenvalue weighted by molar-refractivity contribution is 14.0. The van der Waals surface area contributed by atoms with Crippen LogP contribution in [-0.4, -0.2) is 29.0 Å². The molecule has 0 bridgehead atoms. The lowest BCUT2D eigenvalue weighted by molar-refractivity contribution is 0.745. The number of aliphatic imine (C=N–C) groups is 1. The maximum Gasteiger partial charge on any atom is 0.191 e. The number of guanidine groups is 1. The van der Waals surface area contributed by atoms with Gasteiger partial charge >= 0.3 is 0 Å². The highest BCUT2D eigenvalue weighted by atomic mass is 127. The first-order chi connectivity index (χ1) is 12.8. The molecule has 0 unspecified atom stereocenters. The number of aryl methyl sites for hydroxylation is 2. The highest BCUT2D eigenvalue weighted by Gasteiger charge is 2.04. The van der Waals surface area contributed by atoms with Crippen LogP contribution in [0.1, 0.15) is 35.7 Å². The average Bonchev–Trinajstić information content (AvgIpc) is 3.30. The fourth-order valence-electron chi connectivity index (χ4n) is 2.90. The number of nitrogens with one attached hydrogen (secondary N) is 3. The molecule has 2 heterocycles. The first-order valence-corrected chi connectivity index (χ1v) is 10.1. The van der Waals surface area contributed by atoms with E-state index in [0.717, 1.165) is 43.3 Å². The molecule has 146 valence electrons. The molecule has 27 heavy (non-hydrogen) atoms. The Morgan fingerprint density at radius 1 is 1.22 bits per heavy atom. The van der Waals surface area contributed by atoms with Crippen molar-refractivity contribution in [2.45, 2.75) is 39.7 Å². The quantitative estimate of drug-likeness (QED) is 0.186. The van der Waals surface area contributed by atoms with E-state index in [0.29, 0.717) is 6.54 Å². The van der Waals surface area contributed by atoms with Crippen LogP contribution in [0.3, 0.4) is 0 Å². The molecule has 3 N–H and O–H groups in total. The first-order valence-electron chi connectivity index (χ1n) is 9.31. The van der Waals surface area contributed by atoms with Crippen molar-refractivity contribution in [3.05, 3.63) is 52.1 Å². The van der Waals surface area contributed by atoms with Gasteiger partial charge in [-0.1, -0.05) is 25.1 Å². The Labute approximate surface area is 182 Å². The number of nitrogens with zero attached hydrogens (tertiary/aromatic N) is 2. The molecule has 0 atom stereocenters. The molecule has 0 spiro atoms. The van der Waals surface area contributed by atoms with Gasteiger partial charge in [-0.05, 0) is 37.8 Å². The zero-order valence-corrected chi connectivity index (χ0v) is 19.1. The van der Waals surface area contributed by atoms with Gasteiger partial charge in [-0.15, -0.1) is 35.3 Å². The molecule has 2 aromatic heterocycles. The lowest BCUT2D eigenvalue weighted by Crippen LogP contribution is -2.37. The Bertz CT molecular complexity index is 855. The maximum atomic E-state index is 4.65. The fraction of sp³-hybridized carbons (Fsp3) is 0.400. The van der Waals surface area contributed by atoms with Gasteiger partial charge in [0.05, 0.1) is 6.54 Å². The first kappa shape index (κ1) is 21.7. The third-order valence-corrected chi connectivity index (χ3v) is 5.38. The van der Waals surface area contributed by atoms with Crippen molar-refractivity contribution in [3.63, 3.8) is 0 Å². The van der Waals surface area contributed by atoms with Crippen LogP contribution in [0.4, 0.5) is 0 Å². The number of halogens is 1. The normalized spacial score (nSPS) is 11.4. The zero-order valence-electron chi connectivity index (χ0n) is 15.9. The fourth-order valence-corrected chi connectivity index (χ4v) is 3.68. The number of hydrogen-bond donors (Lipinski definition) is 3. The number of aromatic amines is 1. The molecule has 0 radical (unpaired) electrons. The largest absolute Gasteiger partial charge is 0.361 e. The van der Waals surface area contributed by atoms with Crippen LogP contribution in [-0.2, 0) is 19.4 Å². The minimum absolute atomic E-state index is 0. The summed E-state index contributed by atoms with van der Waals surface area (Å²) in [6.45, 7) is 6.61. The van der Waals surface area contributed by atoms with Crippen LogP contribution in [0.15, 0.2) is 41.7 Å². The Kier molecular flexibility index (Phi) is 9.06. The molecule has 0 aliphatic rings. The van der Waals surface area contributed by atoms with Gasteiger partial charge in [0.15, 0.2) is 5.96 Å². The van der Waals surface area contributed by atoms with E-state index < -0.39 is 0 Å². The number of fused-ring (bicyclic) bond motifs is 1. The van der Waals surface area contributed by atoms with E-state index in [-0.39, 0.29) is 24.0 Å². The molecule has 3 aromatic rings. The van der Waals surface area contributed by atoms with Crippen molar-refractivity contribution in [2.24, 2.45) is 4.99 Å². The van der Waals surface area contributed by atoms with Gasteiger partial charge in [0, 0.05) is 41.3 Å². The molecule has 0 aliphatic carbocycles. The minimum atomic E-state index is 0. The molecule has 5 nitrogen and oxygen atoms in total. The van der Waals surface area contributed by atoms with Gasteiger partial charge < -0.3 is 15.6 Å². The van der Waals surface area contributed by atoms with Gasteiger partial charge in [0.1, 0.15) is 5.01 Å². The second-order valence-electron chi connectivity index (χ2n) is 6.16. The van der Waals surface area contributed by atoms with Gasteiger partial charge in [0.25, 0.3) is 0 Å². The molecule has 0 amide bonds. The molecular formula is C20H28IN5S.